The molecule has 0 radical (unpaired) electrons. The van der Waals surface area contributed by atoms with Crippen LogP contribution < -0.4 is 0 Å². The molecule has 1 aromatic rings. The molecule has 1 fully saturated rings. The SMILES string of the molecule is CCCCB1OC(O)(c2ccccc2)C(C)N1C. The third-order valence-electron chi connectivity index (χ3n) is 3.94. The highest BCUT2D eigenvalue weighted by molar-refractivity contribution is 6.49. The molecule has 1 aliphatic rings. The van der Waals surface area contributed by atoms with Crippen molar-refractivity contribution in [1.82, 2.24) is 4.81 Å². The van der Waals surface area contributed by atoms with Gasteiger partial charge in [-0.2, -0.15) is 0 Å². The molecule has 4 heteroatoms. The Morgan fingerprint density at radius 3 is 2.67 bits per heavy atom. The minimum atomic E-state index is -1.19. The first-order valence-corrected chi connectivity index (χ1v) is 6.77. The summed E-state index contributed by atoms with van der Waals surface area (Å²) in [5.74, 6) is -1.19. The van der Waals surface area contributed by atoms with Gasteiger partial charge in [0.25, 0.3) is 0 Å². The van der Waals surface area contributed by atoms with Gasteiger partial charge in [-0.25, -0.2) is 0 Å². The Balaban J connectivity index is 2.19. The predicted molar refractivity (Wildman–Crippen MR) is 74.1 cm³/mol. The van der Waals surface area contributed by atoms with E-state index in [9.17, 15) is 5.11 Å². The van der Waals surface area contributed by atoms with E-state index in [-0.39, 0.29) is 13.1 Å². The molecule has 1 saturated heterocycles. The summed E-state index contributed by atoms with van der Waals surface area (Å²) in [5, 5.41) is 10.8. The zero-order valence-corrected chi connectivity index (χ0v) is 11.5. The molecule has 0 amide bonds. The molecule has 1 aliphatic heterocycles. The van der Waals surface area contributed by atoms with E-state index in [2.05, 4.69) is 11.7 Å². The Morgan fingerprint density at radius 1 is 1.39 bits per heavy atom. The maximum absolute atomic E-state index is 10.8. The number of hydrogen-bond donors (Lipinski definition) is 1. The quantitative estimate of drug-likeness (QED) is 0.829. The van der Waals surface area contributed by atoms with Gasteiger partial charge in [-0.1, -0.05) is 50.1 Å². The summed E-state index contributed by atoms with van der Waals surface area (Å²) in [4.78, 5) is 2.13. The number of benzene rings is 1. The Labute approximate surface area is 110 Å². The summed E-state index contributed by atoms with van der Waals surface area (Å²) in [6.45, 7) is 4.18. The molecule has 2 rings (SSSR count). The lowest BCUT2D eigenvalue weighted by Gasteiger charge is -2.29. The Bertz CT molecular complexity index is 387. The molecule has 2 atom stereocenters. The van der Waals surface area contributed by atoms with Crippen LogP contribution in [0.1, 0.15) is 32.3 Å². The number of unbranched alkanes of at least 4 members (excludes halogenated alkanes) is 1. The van der Waals surface area contributed by atoms with E-state index in [0.29, 0.717) is 0 Å². The molecule has 0 aromatic heterocycles. The van der Waals surface area contributed by atoms with Crippen LogP contribution in [0.25, 0.3) is 0 Å². The summed E-state index contributed by atoms with van der Waals surface area (Å²) in [7, 11) is 2.02. The lowest BCUT2D eigenvalue weighted by molar-refractivity contribution is -0.151. The Kier molecular flexibility index (Phi) is 4.10. The van der Waals surface area contributed by atoms with Crippen molar-refractivity contribution >= 4 is 7.05 Å². The maximum atomic E-state index is 10.8. The summed E-state index contributed by atoms with van der Waals surface area (Å²) >= 11 is 0. The monoisotopic (exact) mass is 247 g/mol. The number of hydrogen-bond acceptors (Lipinski definition) is 3. The minimum Gasteiger partial charge on any atom is -0.389 e. The van der Waals surface area contributed by atoms with Gasteiger partial charge in [-0.05, 0) is 20.3 Å². The van der Waals surface area contributed by atoms with Crippen LogP contribution in [0.2, 0.25) is 6.32 Å². The predicted octanol–water partition coefficient (Wildman–Crippen LogP) is 2.47. The number of rotatable bonds is 4. The molecule has 1 heterocycles. The summed E-state index contributed by atoms with van der Waals surface area (Å²) < 4.78 is 5.94. The van der Waals surface area contributed by atoms with Gasteiger partial charge in [-0.3, -0.25) is 0 Å². The van der Waals surface area contributed by atoms with Gasteiger partial charge < -0.3 is 14.6 Å². The van der Waals surface area contributed by atoms with E-state index < -0.39 is 5.79 Å². The molecule has 0 saturated carbocycles. The third-order valence-corrected chi connectivity index (χ3v) is 3.94. The van der Waals surface area contributed by atoms with Crippen molar-refractivity contribution < 1.29 is 9.76 Å². The summed E-state index contributed by atoms with van der Waals surface area (Å²) in [6.07, 6.45) is 3.23. The molecule has 3 nitrogen and oxygen atoms in total. The van der Waals surface area contributed by atoms with Crippen LogP contribution in [0.5, 0.6) is 0 Å². The van der Waals surface area contributed by atoms with Crippen molar-refractivity contribution in [1.29, 1.82) is 0 Å². The average molecular weight is 247 g/mol. The van der Waals surface area contributed by atoms with Crippen LogP contribution >= 0.6 is 0 Å². The van der Waals surface area contributed by atoms with E-state index in [1.807, 2.05) is 44.3 Å². The molecular weight excluding hydrogens is 225 g/mol. The van der Waals surface area contributed by atoms with Crippen molar-refractivity contribution in [3.05, 3.63) is 35.9 Å². The van der Waals surface area contributed by atoms with Crippen LogP contribution in [0.15, 0.2) is 30.3 Å². The topological polar surface area (TPSA) is 32.7 Å². The first-order chi connectivity index (χ1) is 8.59. The number of aliphatic hydroxyl groups is 1. The molecule has 0 spiro atoms. The van der Waals surface area contributed by atoms with Gasteiger partial charge in [0.1, 0.15) is 0 Å². The lowest BCUT2D eigenvalue weighted by atomic mass is 9.75. The van der Waals surface area contributed by atoms with E-state index in [4.69, 9.17) is 4.65 Å². The van der Waals surface area contributed by atoms with Crippen molar-refractivity contribution in [3.8, 4) is 0 Å². The second-order valence-electron chi connectivity index (χ2n) is 5.12. The highest BCUT2D eigenvalue weighted by Gasteiger charge is 2.51. The van der Waals surface area contributed by atoms with Gasteiger partial charge in [0.05, 0.1) is 6.04 Å². The van der Waals surface area contributed by atoms with Crippen molar-refractivity contribution in [3.63, 3.8) is 0 Å². The van der Waals surface area contributed by atoms with Crippen LogP contribution in [-0.2, 0) is 10.4 Å². The third kappa shape index (κ3) is 2.33. The van der Waals surface area contributed by atoms with Crippen molar-refractivity contribution in [2.24, 2.45) is 0 Å². The summed E-state index contributed by atoms with van der Waals surface area (Å²) in [6, 6.07) is 9.62. The van der Waals surface area contributed by atoms with Gasteiger partial charge in [0.2, 0.25) is 0 Å². The van der Waals surface area contributed by atoms with Crippen molar-refractivity contribution in [2.45, 2.75) is 44.8 Å². The first-order valence-electron chi connectivity index (χ1n) is 6.77. The minimum absolute atomic E-state index is 0.00477. The fraction of sp³-hybridized carbons (Fsp3) is 0.571. The largest absolute Gasteiger partial charge is 0.389 e. The lowest BCUT2D eigenvalue weighted by Crippen LogP contribution is -2.40. The number of nitrogens with zero attached hydrogens (tertiary/aromatic N) is 1. The normalized spacial score (nSPS) is 28.9. The molecule has 1 aromatic carbocycles. The van der Waals surface area contributed by atoms with E-state index in [1.54, 1.807) is 0 Å². The van der Waals surface area contributed by atoms with E-state index in [0.717, 1.165) is 24.7 Å². The molecule has 0 aliphatic carbocycles. The van der Waals surface area contributed by atoms with Gasteiger partial charge in [0.15, 0.2) is 5.79 Å². The van der Waals surface area contributed by atoms with Gasteiger partial charge in [-0.15, -0.1) is 0 Å². The van der Waals surface area contributed by atoms with Gasteiger partial charge in [0, 0.05) is 5.56 Å². The zero-order chi connectivity index (χ0) is 13.2. The Hall–Kier alpha value is -0.835. The fourth-order valence-corrected chi connectivity index (χ4v) is 2.54. The average Bonchev–Trinajstić information content (AvgIpc) is 2.63. The highest BCUT2D eigenvalue weighted by atomic mass is 16.6. The van der Waals surface area contributed by atoms with E-state index in [1.165, 1.54) is 0 Å². The highest BCUT2D eigenvalue weighted by Crippen LogP contribution is 2.37. The van der Waals surface area contributed by atoms with Crippen LogP contribution in [-0.4, -0.2) is 30.1 Å². The van der Waals surface area contributed by atoms with E-state index >= 15 is 0 Å². The first kappa shape index (κ1) is 13.6. The van der Waals surface area contributed by atoms with Gasteiger partial charge >= 0.3 is 7.05 Å². The molecule has 18 heavy (non-hydrogen) atoms. The molecule has 2 unspecified atom stereocenters. The zero-order valence-electron chi connectivity index (χ0n) is 11.5. The molecule has 98 valence electrons. The van der Waals surface area contributed by atoms with Crippen LogP contribution in [0.4, 0.5) is 0 Å². The molecular formula is C14H22BNO2. The Morgan fingerprint density at radius 2 is 2.06 bits per heavy atom. The van der Waals surface area contributed by atoms with Crippen molar-refractivity contribution in [2.75, 3.05) is 7.05 Å². The molecule has 1 N–H and O–H groups in total. The van der Waals surface area contributed by atoms with Crippen LogP contribution in [0.3, 0.4) is 0 Å². The number of likely N-dealkylation sites (N-methyl/N-ethyl adjacent to an activating group) is 1. The summed E-state index contributed by atoms with van der Waals surface area (Å²) in [5.41, 5.74) is 0.836. The second-order valence-corrected chi connectivity index (χ2v) is 5.12. The maximum Gasteiger partial charge on any atom is 0.385 e. The molecule has 0 bridgehead atoms. The van der Waals surface area contributed by atoms with Crippen LogP contribution in [0, 0.1) is 0 Å². The fourth-order valence-electron chi connectivity index (χ4n) is 2.54. The standard InChI is InChI=1S/C14H22BNO2/c1-4-5-11-15-16(3)12(2)14(17,18-15)13-9-7-6-8-10-13/h6-10,12,17H,4-5,11H2,1-3H3. The smallest absolute Gasteiger partial charge is 0.385 e. The second kappa shape index (κ2) is 5.43.